The second-order valence-electron chi connectivity index (χ2n) is 11.4. The summed E-state index contributed by atoms with van der Waals surface area (Å²) in [4.78, 5) is 12.5. The van der Waals surface area contributed by atoms with E-state index in [1.54, 1.807) is 0 Å². The van der Waals surface area contributed by atoms with Crippen molar-refractivity contribution < 1.29 is 0 Å². The van der Waals surface area contributed by atoms with Crippen molar-refractivity contribution in [2.45, 2.75) is 64.8 Å². The van der Waals surface area contributed by atoms with Gasteiger partial charge in [0.25, 0.3) is 0 Å². The van der Waals surface area contributed by atoms with Gasteiger partial charge in [-0.1, -0.05) is 44.2 Å². The van der Waals surface area contributed by atoms with Crippen LogP contribution in [0.15, 0.2) is 66.1 Å². The number of allylic oxidation sites excluding steroid dienone is 2. The summed E-state index contributed by atoms with van der Waals surface area (Å²) in [6, 6.07) is 8.24. The van der Waals surface area contributed by atoms with Crippen LogP contribution < -0.4 is 5.32 Å². The molecule has 206 valence electrons. The number of anilines is 1. The number of nitrogens with one attached hydrogen (secondary N) is 1. The van der Waals surface area contributed by atoms with Gasteiger partial charge in [-0.25, -0.2) is 4.99 Å². The van der Waals surface area contributed by atoms with Gasteiger partial charge in [0.1, 0.15) is 0 Å². The van der Waals surface area contributed by atoms with E-state index in [1.165, 1.54) is 29.7 Å². The third kappa shape index (κ3) is 4.90. The lowest BCUT2D eigenvalue weighted by atomic mass is 9.88. The number of nitrogens with zero attached hydrogens (tertiary/aromatic N) is 5. The summed E-state index contributed by atoms with van der Waals surface area (Å²) in [5, 5.41) is 8.97. The lowest BCUT2D eigenvalue weighted by Gasteiger charge is -2.34. The Bertz CT molecular complexity index is 1560. The van der Waals surface area contributed by atoms with Crippen molar-refractivity contribution in [3.8, 4) is 11.3 Å². The highest BCUT2D eigenvalue weighted by Crippen LogP contribution is 2.41. The SMILES string of the molecule is C=C1Nc2cnn(C)c2-c2cc(nc3c2CCCC3)C(N2C=NC(c3cc(Cl)ccc3C)=CC2=C)CCCC1C. The first kappa shape index (κ1) is 26.6. The van der Waals surface area contributed by atoms with Crippen LogP contribution in [0.4, 0.5) is 5.69 Å². The molecule has 2 bridgehead atoms. The highest BCUT2D eigenvalue weighted by Gasteiger charge is 2.29. The molecule has 4 heterocycles. The number of hydrogen-bond acceptors (Lipinski definition) is 5. The molecule has 0 saturated carbocycles. The molecule has 2 atom stereocenters. The molecule has 1 aliphatic carbocycles. The molecule has 6 rings (SSSR count). The Balaban J connectivity index is 1.46. The van der Waals surface area contributed by atoms with E-state index in [9.17, 15) is 0 Å². The highest BCUT2D eigenvalue weighted by molar-refractivity contribution is 6.30. The maximum Gasteiger partial charge on any atom is 0.0963 e. The number of halogens is 1. The van der Waals surface area contributed by atoms with Crippen molar-refractivity contribution in [1.82, 2.24) is 19.7 Å². The first-order chi connectivity index (χ1) is 19.3. The Morgan fingerprint density at radius 1 is 1.05 bits per heavy atom. The molecule has 2 aromatic heterocycles. The third-order valence-electron chi connectivity index (χ3n) is 8.63. The van der Waals surface area contributed by atoms with Crippen LogP contribution in [0.25, 0.3) is 17.0 Å². The molecule has 1 N–H and O–H groups in total. The summed E-state index contributed by atoms with van der Waals surface area (Å²) in [6.45, 7) is 13.2. The first-order valence-corrected chi connectivity index (χ1v) is 14.7. The average molecular weight is 553 g/mol. The van der Waals surface area contributed by atoms with Crippen molar-refractivity contribution in [1.29, 1.82) is 0 Å². The first-order valence-electron chi connectivity index (χ1n) is 14.3. The van der Waals surface area contributed by atoms with Crippen LogP contribution in [0.2, 0.25) is 5.02 Å². The molecule has 0 radical (unpaired) electrons. The van der Waals surface area contributed by atoms with Gasteiger partial charge >= 0.3 is 0 Å². The number of fused-ring (bicyclic) bond motifs is 6. The fraction of sp³-hybridized carbons (Fsp3) is 0.364. The number of aliphatic imine (C=N–C) groups is 1. The van der Waals surface area contributed by atoms with E-state index >= 15 is 0 Å². The van der Waals surface area contributed by atoms with E-state index in [2.05, 4.69) is 54.5 Å². The molecule has 0 fully saturated rings. The number of hydrogen-bond donors (Lipinski definition) is 1. The highest BCUT2D eigenvalue weighted by atomic mass is 35.5. The van der Waals surface area contributed by atoms with Crippen molar-refractivity contribution in [3.63, 3.8) is 0 Å². The lowest BCUT2D eigenvalue weighted by Crippen LogP contribution is -2.29. The lowest BCUT2D eigenvalue weighted by molar-refractivity contribution is 0.351. The van der Waals surface area contributed by atoms with Gasteiger partial charge in [-0.2, -0.15) is 5.10 Å². The predicted octanol–water partition coefficient (Wildman–Crippen LogP) is 8.01. The monoisotopic (exact) mass is 552 g/mol. The van der Waals surface area contributed by atoms with Gasteiger partial charge < -0.3 is 10.2 Å². The van der Waals surface area contributed by atoms with Crippen molar-refractivity contribution in [2.75, 3.05) is 5.32 Å². The molecule has 0 saturated heterocycles. The van der Waals surface area contributed by atoms with E-state index < -0.39 is 0 Å². The van der Waals surface area contributed by atoms with Crippen molar-refractivity contribution in [3.05, 3.63) is 94.2 Å². The minimum Gasteiger partial charge on any atom is -0.356 e. The molecular weight excluding hydrogens is 516 g/mol. The smallest absolute Gasteiger partial charge is 0.0963 e. The van der Waals surface area contributed by atoms with Gasteiger partial charge in [0.05, 0.1) is 41.3 Å². The second-order valence-corrected chi connectivity index (χ2v) is 11.8. The van der Waals surface area contributed by atoms with E-state index in [0.717, 1.165) is 77.4 Å². The van der Waals surface area contributed by atoms with Gasteiger partial charge in [-0.3, -0.25) is 9.67 Å². The minimum absolute atomic E-state index is 0.0185. The largest absolute Gasteiger partial charge is 0.356 e. The Labute approximate surface area is 242 Å². The number of aryl methyl sites for hydroxylation is 3. The maximum atomic E-state index is 6.33. The quantitative estimate of drug-likeness (QED) is 0.350. The van der Waals surface area contributed by atoms with Crippen LogP contribution in [-0.4, -0.2) is 26.0 Å². The molecule has 3 aromatic rings. The van der Waals surface area contributed by atoms with Crippen molar-refractivity contribution >= 4 is 29.3 Å². The molecule has 6 nitrogen and oxygen atoms in total. The van der Waals surface area contributed by atoms with Crippen LogP contribution in [-0.2, 0) is 19.9 Å². The molecule has 2 aliphatic heterocycles. The predicted molar refractivity (Wildman–Crippen MR) is 165 cm³/mol. The molecule has 0 spiro atoms. The standard InChI is InChI=1S/C33H37ClN6/c1-20-9-8-12-32(40-19-35-29(15-22(40)3)26-16-24(34)14-13-21(26)2)30-17-27(25-10-6-7-11-28(25)38-30)33-31(37-23(20)4)18-36-39(33)5/h13-20,32,37H,3-4,6-12H2,1-2,5H3. The molecule has 0 amide bonds. The van der Waals surface area contributed by atoms with Gasteiger partial charge in [0.15, 0.2) is 0 Å². The Morgan fingerprint density at radius 3 is 2.70 bits per heavy atom. The van der Waals surface area contributed by atoms with Crippen molar-refractivity contribution in [2.24, 2.45) is 18.0 Å². The zero-order valence-corrected chi connectivity index (χ0v) is 24.4. The van der Waals surface area contributed by atoms with Gasteiger partial charge in [0.2, 0.25) is 0 Å². The fourth-order valence-electron chi connectivity index (χ4n) is 6.24. The van der Waals surface area contributed by atoms with E-state index in [-0.39, 0.29) is 6.04 Å². The van der Waals surface area contributed by atoms with E-state index in [1.807, 2.05) is 42.5 Å². The summed E-state index contributed by atoms with van der Waals surface area (Å²) in [6.07, 6.45) is 13.3. The molecule has 1 aromatic carbocycles. The summed E-state index contributed by atoms with van der Waals surface area (Å²) in [5.74, 6) is 0.323. The molecule has 7 heteroatoms. The topological polar surface area (TPSA) is 58.3 Å². The Morgan fingerprint density at radius 2 is 1.88 bits per heavy atom. The maximum absolute atomic E-state index is 6.33. The van der Waals surface area contributed by atoms with Gasteiger partial charge in [0, 0.05) is 40.3 Å². The molecule has 3 aliphatic rings. The second kappa shape index (κ2) is 10.7. The normalized spacial score (nSPS) is 21.1. The number of rotatable bonds is 2. The number of aromatic nitrogens is 3. The van der Waals surface area contributed by atoms with E-state index in [0.29, 0.717) is 10.9 Å². The number of benzene rings is 1. The Hall–Kier alpha value is -3.64. The van der Waals surface area contributed by atoms with Crippen LogP contribution in [0, 0.1) is 12.8 Å². The minimum atomic E-state index is 0.0185. The summed E-state index contributed by atoms with van der Waals surface area (Å²) in [7, 11) is 2.02. The van der Waals surface area contributed by atoms with Crippen LogP contribution in [0.1, 0.15) is 73.1 Å². The average Bonchev–Trinajstić information content (AvgIpc) is 3.30. The van der Waals surface area contributed by atoms with Crippen LogP contribution in [0.5, 0.6) is 0 Å². The zero-order valence-electron chi connectivity index (χ0n) is 23.7. The summed E-state index contributed by atoms with van der Waals surface area (Å²) in [5.41, 5.74) is 11.9. The zero-order chi connectivity index (χ0) is 28.0. The van der Waals surface area contributed by atoms with Gasteiger partial charge in [-0.05, 0) is 86.8 Å². The number of pyridine rings is 1. The van der Waals surface area contributed by atoms with Crippen LogP contribution in [0.3, 0.4) is 0 Å². The summed E-state index contributed by atoms with van der Waals surface area (Å²) >= 11 is 6.33. The Kier molecular flexibility index (Phi) is 7.13. The fourth-order valence-corrected chi connectivity index (χ4v) is 6.41. The van der Waals surface area contributed by atoms with E-state index in [4.69, 9.17) is 21.6 Å². The van der Waals surface area contributed by atoms with Crippen LogP contribution >= 0.6 is 11.6 Å². The molecular formula is C33H37ClN6. The molecule has 40 heavy (non-hydrogen) atoms. The van der Waals surface area contributed by atoms with Gasteiger partial charge in [-0.15, -0.1) is 0 Å². The molecule has 2 unspecified atom stereocenters. The summed E-state index contributed by atoms with van der Waals surface area (Å²) < 4.78 is 1.98. The third-order valence-corrected chi connectivity index (χ3v) is 8.86.